The highest BCUT2D eigenvalue weighted by atomic mass is 35.5. The monoisotopic (exact) mass is 348 g/mol. The van der Waals surface area contributed by atoms with Crippen LogP contribution in [0.3, 0.4) is 0 Å². The summed E-state index contributed by atoms with van der Waals surface area (Å²) < 4.78 is 0. The molecule has 4 amide bonds. The third kappa shape index (κ3) is 2.71. The van der Waals surface area contributed by atoms with Crippen molar-refractivity contribution < 1.29 is 24.0 Å². The van der Waals surface area contributed by atoms with Gasteiger partial charge in [0, 0.05) is 12.8 Å². The van der Waals surface area contributed by atoms with Gasteiger partial charge in [0.05, 0.1) is 17.0 Å². The van der Waals surface area contributed by atoms with E-state index in [-0.39, 0.29) is 42.1 Å². The van der Waals surface area contributed by atoms with Crippen LogP contribution in [0.4, 0.5) is 0 Å². The van der Waals surface area contributed by atoms with Gasteiger partial charge < -0.3 is 0 Å². The van der Waals surface area contributed by atoms with Crippen molar-refractivity contribution in [2.24, 2.45) is 0 Å². The standard InChI is InChI=1S/C16H13ClN2O5/c17-7-9(20)5-8-1-2-10-11(6-8)16(24)19(15(10)23)12-3-4-13(21)18-14(12)22/h1-2,6,12H,3-5,7H2,(H,18,21,22). The SMILES string of the molecule is O=C(CCl)Cc1ccc2c(c1)C(=O)N(C1CCC(=O)NC1=O)C2=O. The number of fused-ring (bicyclic) bond motifs is 1. The lowest BCUT2D eigenvalue weighted by Crippen LogP contribution is -2.54. The first-order chi connectivity index (χ1) is 11.4. The van der Waals surface area contributed by atoms with Crippen molar-refractivity contribution in [3.05, 3.63) is 34.9 Å². The normalized spacial score (nSPS) is 20.2. The largest absolute Gasteiger partial charge is 0.298 e. The van der Waals surface area contributed by atoms with Gasteiger partial charge in [0.2, 0.25) is 11.8 Å². The number of halogens is 1. The molecular weight excluding hydrogens is 336 g/mol. The van der Waals surface area contributed by atoms with Crippen LogP contribution in [0.5, 0.6) is 0 Å². The summed E-state index contributed by atoms with van der Waals surface area (Å²) in [7, 11) is 0. The highest BCUT2D eigenvalue weighted by molar-refractivity contribution is 6.28. The number of imide groups is 2. The number of nitrogens with one attached hydrogen (secondary N) is 1. The van der Waals surface area contributed by atoms with E-state index in [0.717, 1.165) is 4.90 Å². The van der Waals surface area contributed by atoms with E-state index in [1.165, 1.54) is 12.1 Å². The number of rotatable bonds is 4. The van der Waals surface area contributed by atoms with Crippen LogP contribution in [-0.4, -0.2) is 46.2 Å². The molecule has 24 heavy (non-hydrogen) atoms. The molecule has 0 bridgehead atoms. The third-order valence-electron chi connectivity index (χ3n) is 4.05. The summed E-state index contributed by atoms with van der Waals surface area (Å²) >= 11 is 5.47. The van der Waals surface area contributed by atoms with E-state index in [1.54, 1.807) is 6.07 Å². The van der Waals surface area contributed by atoms with Crippen molar-refractivity contribution in [2.75, 3.05) is 5.88 Å². The molecule has 7 nitrogen and oxygen atoms in total. The topological polar surface area (TPSA) is 101 Å². The van der Waals surface area contributed by atoms with Crippen molar-refractivity contribution >= 4 is 41.0 Å². The lowest BCUT2D eigenvalue weighted by Gasteiger charge is -2.27. The second-order valence-corrected chi connectivity index (χ2v) is 5.94. The van der Waals surface area contributed by atoms with E-state index in [9.17, 15) is 24.0 Å². The van der Waals surface area contributed by atoms with Gasteiger partial charge in [-0.15, -0.1) is 11.6 Å². The highest BCUT2D eigenvalue weighted by Crippen LogP contribution is 2.28. The van der Waals surface area contributed by atoms with E-state index in [1.807, 2.05) is 0 Å². The first-order valence-electron chi connectivity index (χ1n) is 7.34. The molecule has 0 aromatic heterocycles. The molecule has 2 aliphatic rings. The minimum Gasteiger partial charge on any atom is -0.298 e. The smallest absolute Gasteiger partial charge is 0.262 e. The first kappa shape index (κ1) is 16.3. The summed E-state index contributed by atoms with van der Waals surface area (Å²) in [5, 5.41) is 2.14. The van der Waals surface area contributed by atoms with Crippen LogP contribution in [0.25, 0.3) is 0 Å². The van der Waals surface area contributed by atoms with Gasteiger partial charge in [-0.1, -0.05) is 6.07 Å². The van der Waals surface area contributed by atoms with Gasteiger partial charge in [-0.3, -0.25) is 34.2 Å². The van der Waals surface area contributed by atoms with Crippen LogP contribution in [0.15, 0.2) is 18.2 Å². The molecule has 2 heterocycles. The Balaban J connectivity index is 1.89. The first-order valence-corrected chi connectivity index (χ1v) is 7.88. The van der Waals surface area contributed by atoms with Crippen molar-refractivity contribution in [1.29, 1.82) is 0 Å². The van der Waals surface area contributed by atoms with Crippen molar-refractivity contribution in [1.82, 2.24) is 10.2 Å². The lowest BCUT2D eigenvalue weighted by atomic mass is 10.0. The van der Waals surface area contributed by atoms with Crippen molar-refractivity contribution in [3.63, 3.8) is 0 Å². The molecule has 1 atom stereocenters. The van der Waals surface area contributed by atoms with Gasteiger partial charge in [-0.05, 0) is 24.1 Å². The van der Waals surface area contributed by atoms with Gasteiger partial charge in [-0.25, -0.2) is 0 Å². The van der Waals surface area contributed by atoms with E-state index in [4.69, 9.17) is 11.6 Å². The molecule has 1 saturated heterocycles. The average Bonchev–Trinajstić information content (AvgIpc) is 2.79. The summed E-state index contributed by atoms with van der Waals surface area (Å²) in [6.45, 7) is 0. The Kier molecular flexibility index (Phi) is 4.19. The Bertz CT molecular complexity index is 789. The summed E-state index contributed by atoms with van der Waals surface area (Å²) in [4.78, 5) is 60.5. The maximum atomic E-state index is 12.6. The van der Waals surface area contributed by atoms with Gasteiger partial charge in [0.15, 0.2) is 5.78 Å². The van der Waals surface area contributed by atoms with Crippen LogP contribution in [-0.2, 0) is 20.8 Å². The average molecular weight is 349 g/mol. The number of Topliss-reactive ketones (excluding diaryl/α,β-unsaturated/α-hetero) is 1. The van der Waals surface area contributed by atoms with Gasteiger partial charge in [0.25, 0.3) is 11.8 Å². The van der Waals surface area contributed by atoms with Crippen LogP contribution < -0.4 is 5.32 Å². The van der Waals surface area contributed by atoms with E-state index in [0.29, 0.717) is 5.56 Å². The number of hydrogen-bond donors (Lipinski definition) is 1. The van der Waals surface area contributed by atoms with Crippen LogP contribution >= 0.6 is 11.6 Å². The molecule has 3 rings (SSSR count). The molecule has 2 aliphatic heterocycles. The number of benzene rings is 1. The number of alkyl halides is 1. The molecule has 8 heteroatoms. The summed E-state index contributed by atoms with van der Waals surface area (Å²) in [5.74, 6) is -2.57. The number of ketones is 1. The third-order valence-corrected chi connectivity index (χ3v) is 4.35. The number of carbonyl (C=O) groups is 5. The fourth-order valence-electron chi connectivity index (χ4n) is 2.90. The van der Waals surface area contributed by atoms with E-state index >= 15 is 0 Å². The van der Waals surface area contributed by atoms with E-state index < -0.39 is 29.7 Å². The summed E-state index contributed by atoms with van der Waals surface area (Å²) in [6, 6.07) is 3.54. The molecule has 0 saturated carbocycles. The molecule has 0 aliphatic carbocycles. The van der Waals surface area contributed by atoms with Crippen molar-refractivity contribution in [3.8, 4) is 0 Å². The number of nitrogens with zero attached hydrogens (tertiary/aromatic N) is 1. The predicted molar refractivity (Wildman–Crippen MR) is 82.5 cm³/mol. The molecule has 1 fully saturated rings. The van der Waals surface area contributed by atoms with Gasteiger partial charge in [-0.2, -0.15) is 0 Å². The quantitative estimate of drug-likeness (QED) is 0.628. The second-order valence-electron chi connectivity index (χ2n) is 5.68. The molecular formula is C16H13ClN2O5. The predicted octanol–water partition coefficient (Wildman–Crippen LogP) is 0.438. The number of hydrogen-bond acceptors (Lipinski definition) is 5. The number of carbonyl (C=O) groups excluding carboxylic acids is 5. The van der Waals surface area contributed by atoms with Crippen LogP contribution in [0.1, 0.15) is 39.1 Å². The maximum absolute atomic E-state index is 12.6. The summed E-state index contributed by atoms with van der Waals surface area (Å²) in [5.41, 5.74) is 0.919. The van der Waals surface area contributed by atoms with E-state index in [2.05, 4.69) is 5.32 Å². The fourth-order valence-corrected chi connectivity index (χ4v) is 3.00. The Hall–Kier alpha value is -2.54. The van der Waals surface area contributed by atoms with Crippen molar-refractivity contribution in [2.45, 2.75) is 25.3 Å². The van der Waals surface area contributed by atoms with Gasteiger partial charge >= 0.3 is 0 Å². The Morgan fingerprint density at radius 1 is 1.17 bits per heavy atom. The molecule has 1 N–H and O–H groups in total. The molecule has 1 unspecified atom stereocenters. The van der Waals surface area contributed by atoms with Crippen LogP contribution in [0, 0.1) is 0 Å². The maximum Gasteiger partial charge on any atom is 0.262 e. The lowest BCUT2D eigenvalue weighted by molar-refractivity contribution is -0.136. The molecule has 0 radical (unpaired) electrons. The minimum atomic E-state index is -0.997. The number of amides is 4. The zero-order valence-corrected chi connectivity index (χ0v) is 13.3. The zero-order chi connectivity index (χ0) is 17.4. The Morgan fingerprint density at radius 3 is 2.54 bits per heavy atom. The fraction of sp³-hybridized carbons (Fsp3) is 0.312. The van der Waals surface area contributed by atoms with Crippen LogP contribution in [0.2, 0.25) is 0 Å². The van der Waals surface area contributed by atoms with Gasteiger partial charge in [0.1, 0.15) is 6.04 Å². The highest BCUT2D eigenvalue weighted by Gasteiger charge is 2.44. The molecule has 1 aromatic carbocycles. The Labute approximate surface area is 141 Å². The molecule has 0 spiro atoms. The minimum absolute atomic E-state index is 0.0661. The Morgan fingerprint density at radius 2 is 1.88 bits per heavy atom. The molecule has 124 valence electrons. The second kappa shape index (κ2) is 6.16. The zero-order valence-electron chi connectivity index (χ0n) is 12.5. The summed E-state index contributed by atoms with van der Waals surface area (Å²) in [6.07, 6.45) is 0.240. The number of piperidine rings is 1. The molecule has 1 aromatic rings.